The standard InChI is InChI=1S/C26H37NO6/c1-5-31-22(30)26(21(27)29)25(33-26)13-10-20-18-7-6-16-14-17(32-15(2)28)8-11-23(16,3)19(18)9-12-24(20,25)4/h6,17-20H,5,7-14H2,1-4H3,(H2,27,29)/t17-,18-,19+,20+,23-,24-,25+,26-/m0/s1. The number of carbonyl (C=O) groups excluding carboxylic acids is 3. The molecular formula is C26H37NO6. The van der Waals surface area contributed by atoms with Crippen LogP contribution in [0.2, 0.25) is 0 Å². The number of hydrogen-bond donors (Lipinski definition) is 1. The molecule has 5 rings (SSSR count). The van der Waals surface area contributed by atoms with E-state index >= 15 is 0 Å². The Morgan fingerprint density at radius 3 is 2.52 bits per heavy atom. The molecule has 1 saturated heterocycles. The maximum Gasteiger partial charge on any atom is 0.351 e. The van der Waals surface area contributed by atoms with Crippen LogP contribution in [0.4, 0.5) is 0 Å². The molecule has 182 valence electrons. The third-order valence-corrected chi connectivity index (χ3v) is 10.3. The van der Waals surface area contributed by atoms with Gasteiger partial charge in [-0.1, -0.05) is 25.5 Å². The Bertz CT molecular complexity index is 930. The van der Waals surface area contributed by atoms with Gasteiger partial charge in [-0.05, 0) is 75.0 Å². The van der Waals surface area contributed by atoms with Crippen LogP contribution in [0.5, 0.6) is 0 Å². The Kier molecular flexibility index (Phi) is 5.06. The number of epoxide rings is 1. The topological polar surface area (TPSA) is 108 Å². The summed E-state index contributed by atoms with van der Waals surface area (Å²) < 4.78 is 17.0. The highest BCUT2D eigenvalue weighted by molar-refractivity contribution is 6.10. The fraction of sp³-hybridized carbons (Fsp3) is 0.808. The second kappa shape index (κ2) is 7.30. The number of primary amides is 1. The number of rotatable bonds is 4. The molecule has 7 heteroatoms. The summed E-state index contributed by atoms with van der Waals surface area (Å²) in [5.41, 5.74) is 4.57. The highest BCUT2D eigenvalue weighted by Gasteiger charge is 2.88. The highest BCUT2D eigenvalue weighted by atomic mass is 16.7. The molecule has 1 spiro atoms. The van der Waals surface area contributed by atoms with Gasteiger partial charge in [0.15, 0.2) is 0 Å². The number of fused-ring (bicyclic) bond motifs is 6. The van der Waals surface area contributed by atoms with Crippen LogP contribution in [0.15, 0.2) is 11.6 Å². The van der Waals surface area contributed by atoms with Crippen molar-refractivity contribution in [2.45, 2.75) is 96.4 Å². The molecule has 3 saturated carbocycles. The Balaban J connectivity index is 1.43. The summed E-state index contributed by atoms with van der Waals surface area (Å²) in [5.74, 6) is -0.138. The van der Waals surface area contributed by atoms with Crippen molar-refractivity contribution >= 4 is 17.8 Å². The van der Waals surface area contributed by atoms with Gasteiger partial charge in [0.25, 0.3) is 11.5 Å². The van der Waals surface area contributed by atoms with Crippen molar-refractivity contribution in [3.05, 3.63) is 11.6 Å². The minimum Gasteiger partial charge on any atom is -0.463 e. The van der Waals surface area contributed by atoms with Crippen molar-refractivity contribution in [3.63, 3.8) is 0 Å². The van der Waals surface area contributed by atoms with E-state index in [0.717, 1.165) is 44.9 Å². The average Bonchev–Trinajstić information content (AvgIpc) is 3.36. The molecule has 2 N–H and O–H groups in total. The van der Waals surface area contributed by atoms with Gasteiger partial charge in [0.1, 0.15) is 11.7 Å². The molecule has 1 amide bonds. The predicted molar refractivity (Wildman–Crippen MR) is 120 cm³/mol. The quantitative estimate of drug-likeness (QED) is 0.299. The second-order valence-electron chi connectivity index (χ2n) is 11.4. The molecule has 0 radical (unpaired) electrons. The molecule has 0 aromatic carbocycles. The van der Waals surface area contributed by atoms with Crippen molar-refractivity contribution < 1.29 is 28.6 Å². The monoisotopic (exact) mass is 459 g/mol. The number of allylic oxidation sites excluding steroid dienone is 1. The summed E-state index contributed by atoms with van der Waals surface area (Å²) in [6.07, 6.45) is 9.68. The fourth-order valence-corrected chi connectivity index (χ4v) is 8.73. The number of ether oxygens (including phenoxy) is 3. The van der Waals surface area contributed by atoms with Gasteiger partial charge in [0, 0.05) is 18.8 Å². The highest BCUT2D eigenvalue weighted by Crippen LogP contribution is 2.75. The first-order valence-corrected chi connectivity index (χ1v) is 12.6. The van der Waals surface area contributed by atoms with Gasteiger partial charge in [0.05, 0.1) is 6.61 Å². The Hall–Kier alpha value is -1.89. The lowest BCUT2D eigenvalue weighted by molar-refractivity contribution is -0.153. The van der Waals surface area contributed by atoms with Crippen LogP contribution >= 0.6 is 0 Å². The summed E-state index contributed by atoms with van der Waals surface area (Å²) in [6.45, 7) is 8.02. The lowest BCUT2D eigenvalue weighted by Crippen LogP contribution is -2.56. The first kappa shape index (κ1) is 22.9. The average molecular weight is 460 g/mol. The van der Waals surface area contributed by atoms with E-state index in [9.17, 15) is 14.4 Å². The minimum absolute atomic E-state index is 0.0115. The van der Waals surface area contributed by atoms with Crippen LogP contribution < -0.4 is 5.73 Å². The molecule has 7 nitrogen and oxygen atoms in total. The van der Waals surface area contributed by atoms with Crippen LogP contribution in [0.25, 0.3) is 0 Å². The molecular weight excluding hydrogens is 422 g/mol. The van der Waals surface area contributed by atoms with Gasteiger partial charge in [-0.25, -0.2) is 4.79 Å². The van der Waals surface area contributed by atoms with Crippen LogP contribution in [-0.2, 0) is 28.6 Å². The van der Waals surface area contributed by atoms with Crippen LogP contribution in [0.1, 0.15) is 79.1 Å². The third-order valence-electron chi connectivity index (χ3n) is 10.3. The number of hydrogen-bond acceptors (Lipinski definition) is 6. The molecule has 4 fully saturated rings. The maximum absolute atomic E-state index is 12.9. The van der Waals surface area contributed by atoms with E-state index < -0.39 is 23.1 Å². The summed E-state index contributed by atoms with van der Waals surface area (Å²) in [7, 11) is 0. The second-order valence-corrected chi connectivity index (χ2v) is 11.4. The van der Waals surface area contributed by atoms with Crippen LogP contribution in [0, 0.1) is 28.6 Å². The van der Waals surface area contributed by atoms with Gasteiger partial charge in [-0.15, -0.1) is 0 Å². The first-order chi connectivity index (χ1) is 15.6. The smallest absolute Gasteiger partial charge is 0.351 e. The van der Waals surface area contributed by atoms with E-state index in [1.807, 2.05) is 0 Å². The fourth-order valence-electron chi connectivity index (χ4n) is 8.73. The Labute approximate surface area is 195 Å². The van der Waals surface area contributed by atoms with E-state index in [4.69, 9.17) is 19.9 Å². The largest absolute Gasteiger partial charge is 0.463 e. The zero-order valence-corrected chi connectivity index (χ0v) is 20.3. The SMILES string of the molecule is CCOC(=O)[C@]1(C(N)=O)O[C@@]12CC[C@@H]1[C@H]3CC=C4C[C@@H](OC(C)=O)CC[C@]4(C)[C@@H]3CC[C@@]12C. The van der Waals surface area contributed by atoms with E-state index in [0.29, 0.717) is 24.2 Å². The van der Waals surface area contributed by atoms with E-state index in [1.165, 1.54) is 12.5 Å². The molecule has 0 bridgehead atoms. The molecule has 5 aliphatic rings. The summed E-state index contributed by atoms with van der Waals surface area (Å²) >= 11 is 0. The van der Waals surface area contributed by atoms with E-state index in [2.05, 4.69) is 19.9 Å². The van der Waals surface area contributed by atoms with Gasteiger partial charge >= 0.3 is 11.9 Å². The molecule has 8 atom stereocenters. The zero-order valence-electron chi connectivity index (χ0n) is 20.3. The first-order valence-electron chi connectivity index (χ1n) is 12.6. The summed E-state index contributed by atoms with van der Waals surface area (Å²) in [4.78, 5) is 36.9. The third kappa shape index (κ3) is 2.80. The number of amides is 1. The van der Waals surface area contributed by atoms with Crippen LogP contribution in [0.3, 0.4) is 0 Å². The molecule has 0 aromatic rings. The normalized spacial score (nSPS) is 47.6. The predicted octanol–water partition coefficient (Wildman–Crippen LogP) is 3.44. The van der Waals surface area contributed by atoms with Crippen molar-refractivity contribution in [2.75, 3.05) is 6.61 Å². The molecule has 1 aliphatic heterocycles. The Morgan fingerprint density at radius 1 is 1.12 bits per heavy atom. The van der Waals surface area contributed by atoms with Gasteiger partial charge in [-0.2, -0.15) is 0 Å². The minimum atomic E-state index is -1.64. The molecule has 0 unspecified atom stereocenters. The Morgan fingerprint density at radius 2 is 1.85 bits per heavy atom. The molecule has 1 heterocycles. The van der Waals surface area contributed by atoms with Crippen molar-refractivity contribution in [1.29, 1.82) is 0 Å². The lowest BCUT2D eigenvalue weighted by atomic mass is 9.47. The van der Waals surface area contributed by atoms with Gasteiger partial charge in [-0.3, -0.25) is 9.59 Å². The van der Waals surface area contributed by atoms with Gasteiger partial charge < -0.3 is 19.9 Å². The number of nitrogens with two attached hydrogens (primary N) is 1. The molecule has 4 aliphatic carbocycles. The summed E-state index contributed by atoms with van der Waals surface area (Å²) in [6, 6.07) is 0. The maximum atomic E-state index is 12.9. The summed E-state index contributed by atoms with van der Waals surface area (Å²) in [5, 5.41) is 0. The number of carbonyl (C=O) groups is 3. The zero-order chi connectivity index (χ0) is 23.8. The van der Waals surface area contributed by atoms with E-state index in [1.54, 1.807) is 6.92 Å². The lowest BCUT2D eigenvalue weighted by Gasteiger charge is -2.57. The van der Waals surface area contributed by atoms with Crippen molar-refractivity contribution in [3.8, 4) is 0 Å². The molecule has 0 aromatic heterocycles. The van der Waals surface area contributed by atoms with E-state index in [-0.39, 0.29) is 29.5 Å². The molecule has 33 heavy (non-hydrogen) atoms. The van der Waals surface area contributed by atoms with Crippen molar-refractivity contribution in [1.82, 2.24) is 0 Å². The number of esters is 2. The van der Waals surface area contributed by atoms with Crippen molar-refractivity contribution in [2.24, 2.45) is 34.3 Å². The van der Waals surface area contributed by atoms with Crippen LogP contribution in [-0.4, -0.2) is 41.8 Å². The van der Waals surface area contributed by atoms with Gasteiger partial charge in [0.2, 0.25) is 0 Å².